The second kappa shape index (κ2) is 4.97. The summed E-state index contributed by atoms with van der Waals surface area (Å²) in [4.78, 5) is 15.5. The average Bonchev–Trinajstić information content (AvgIpc) is 2.86. The van der Waals surface area contributed by atoms with Gasteiger partial charge in [0.15, 0.2) is 22.8 Å². The van der Waals surface area contributed by atoms with Crippen LogP contribution in [0.4, 0.5) is 0 Å². The van der Waals surface area contributed by atoms with Gasteiger partial charge in [-0.25, -0.2) is 4.98 Å². The van der Waals surface area contributed by atoms with Crippen LogP contribution in [0, 0.1) is 0 Å². The molecule has 0 spiro atoms. The Labute approximate surface area is 103 Å². The van der Waals surface area contributed by atoms with Gasteiger partial charge >= 0.3 is 0 Å². The van der Waals surface area contributed by atoms with Crippen LogP contribution >= 0.6 is 11.3 Å². The van der Waals surface area contributed by atoms with Crippen LogP contribution in [-0.2, 0) is 0 Å². The zero-order chi connectivity index (χ0) is 12.3. The Bertz CT molecular complexity index is 536. The third kappa shape index (κ3) is 2.29. The number of ether oxygens (including phenoxy) is 2. The number of rotatable bonds is 4. The lowest BCUT2D eigenvalue weighted by Crippen LogP contribution is -1.90. The molecule has 0 amide bonds. The molecule has 0 aliphatic carbocycles. The number of hydrogen-bond donors (Lipinski definition) is 0. The maximum Gasteiger partial charge on any atom is 0.178 e. The number of carbonyl (C=O) groups is 1. The van der Waals surface area contributed by atoms with Crippen molar-refractivity contribution in [3.05, 3.63) is 29.4 Å². The molecule has 5 heteroatoms. The fraction of sp³-hybridized carbons (Fsp3) is 0.167. The molecule has 0 radical (unpaired) electrons. The Kier molecular flexibility index (Phi) is 3.39. The molecule has 17 heavy (non-hydrogen) atoms. The summed E-state index contributed by atoms with van der Waals surface area (Å²) >= 11 is 1.34. The van der Waals surface area contributed by atoms with E-state index in [2.05, 4.69) is 4.98 Å². The van der Waals surface area contributed by atoms with Crippen LogP contribution in [0.1, 0.15) is 9.80 Å². The number of aromatic nitrogens is 1. The summed E-state index contributed by atoms with van der Waals surface area (Å²) in [6.45, 7) is 0. The van der Waals surface area contributed by atoms with E-state index in [1.165, 1.54) is 11.3 Å². The summed E-state index contributed by atoms with van der Waals surface area (Å²) in [5.74, 6) is 1.34. The summed E-state index contributed by atoms with van der Waals surface area (Å²) in [5, 5.41) is 0.467. The van der Waals surface area contributed by atoms with Crippen molar-refractivity contribution in [3.8, 4) is 21.9 Å². The van der Waals surface area contributed by atoms with Crippen LogP contribution in [0.2, 0.25) is 0 Å². The molecular weight excluding hydrogens is 238 g/mol. The second-order valence-electron chi connectivity index (χ2n) is 3.25. The van der Waals surface area contributed by atoms with E-state index >= 15 is 0 Å². The summed E-state index contributed by atoms with van der Waals surface area (Å²) in [5.41, 5.74) is 0.952. The number of thiazole rings is 1. The van der Waals surface area contributed by atoms with Gasteiger partial charge in [0, 0.05) is 6.20 Å². The number of benzene rings is 1. The smallest absolute Gasteiger partial charge is 0.178 e. The number of aldehydes is 1. The molecule has 2 aromatic rings. The van der Waals surface area contributed by atoms with Gasteiger partial charge in [-0.3, -0.25) is 4.79 Å². The summed E-state index contributed by atoms with van der Waals surface area (Å²) in [6, 6.07) is 5.60. The molecule has 2 rings (SSSR count). The predicted molar refractivity (Wildman–Crippen MR) is 66.0 cm³/mol. The van der Waals surface area contributed by atoms with Crippen LogP contribution in [0.25, 0.3) is 10.4 Å². The van der Waals surface area contributed by atoms with Crippen LogP contribution in [-0.4, -0.2) is 25.5 Å². The highest BCUT2D eigenvalue weighted by molar-refractivity contribution is 7.16. The second-order valence-corrected chi connectivity index (χ2v) is 4.31. The highest BCUT2D eigenvalue weighted by Crippen LogP contribution is 2.34. The maximum atomic E-state index is 10.6. The van der Waals surface area contributed by atoms with Gasteiger partial charge in [-0.2, -0.15) is 0 Å². The van der Waals surface area contributed by atoms with E-state index in [0.29, 0.717) is 16.5 Å². The molecule has 0 N–H and O–H groups in total. The zero-order valence-corrected chi connectivity index (χ0v) is 10.3. The Balaban J connectivity index is 2.42. The van der Waals surface area contributed by atoms with Gasteiger partial charge in [0.05, 0.1) is 19.1 Å². The summed E-state index contributed by atoms with van der Waals surface area (Å²) in [6.07, 6.45) is 2.42. The molecule has 0 atom stereocenters. The minimum Gasteiger partial charge on any atom is -0.493 e. The third-order valence-electron chi connectivity index (χ3n) is 2.29. The normalized spacial score (nSPS) is 10.0. The van der Waals surface area contributed by atoms with E-state index in [0.717, 1.165) is 16.7 Å². The summed E-state index contributed by atoms with van der Waals surface area (Å²) < 4.78 is 10.4. The molecule has 4 nitrogen and oxygen atoms in total. The lowest BCUT2D eigenvalue weighted by Gasteiger charge is -2.08. The largest absolute Gasteiger partial charge is 0.493 e. The first-order valence-electron chi connectivity index (χ1n) is 4.92. The zero-order valence-electron chi connectivity index (χ0n) is 9.47. The van der Waals surface area contributed by atoms with Crippen molar-refractivity contribution in [1.29, 1.82) is 0 Å². The van der Waals surface area contributed by atoms with Gasteiger partial charge in [-0.1, -0.05) is 0 Å². The number of nitrogens with zero attached hydrogens (tertiary/aromatic N) is 1. The Morgan fingerprint density at radius 3 is 2.59 bits per heavy atom. The van der Waals surface area contributed by atoms with Crippen LogP contribution in [0.15, 0.2) is 24.4 Å². The van der Waals surface area contributed by atoms with E-state index in [1.807, 2.05) is 18.2 Å². The van der Waals surface area contributed by atoms with Crippen molar-refractivity contribution in [1.82, 2.24) is 4.98 Å². The Morgan fingerprint density at radius 2 is 2.00 bits per heavy atom. The SMILES string of the molecule is COc1ccc(-c2cnc(C=O)s2)cc1OC. The first kappa shape index (κ1) is 11.6. The fourth-order valence-corrected chi connectivity index (χ4v) is 2.19. The van der Waals surface area contributed by atoms with Gasteiger partial charge in [0.25, 0.3) is 0 Å². The van der Waals surface area contributed by atoms with Crippen LogP contribution < -0.4 is 9.47 Å². The van der Waals surface area contributed by atoms with Gasteiger partial charge < -0.3 is 9.47 Å². The number of carbonyl (C=O) groups excluding carboxylic acids is 1. The van der Waals surface area contributed by atoms with Crippen molar-refractivity contribution in [3.63, 3.8) is 0 Å². The summed E-state index contributed by atoms with van der Waals surface area (Å²) in [7, 11) is 3.18. The molecule has 0 bridgehead atoms. The first-order chi connectivity index (χ1) is 8.28. The molecule has 1 aromatic heterocycles. The lowest BCUT2D eigenvalue weighted by molar-refractivity contribution is 0.112. The lowest BCUT2D eigenvalue weighted by atomic mass is 10.2. The van der Waals surface area contributed by atoms with E-state index in [1.54, 1.807) is 20.4 Å². The predicted octanol–water partition coefficient (Wildman–Crippen LogP) is 2.64. The Morgan fingerprint density at radius 1 is 1.24 bits per heavy atom. The van der Waals surface area contributed by atoms with Crippen LogP contribution in [0.3, 0.4) is 0 Å². The molecular formula is C12H11NO3S. The standard InChI is InChI=1S/C12H11NO3S/c1-15-9-4-3-8(5-10(9)16-2)11-6-13-12(7-14)17-11/h3-7H,1-2H3. The van der Waals surface area contributed by atoms with Crippen molar-refractivity contribution in [2.75, 3.05) is 14.2 Å². The molecule has 0 unspecified atom stereocenters. The minimum atomic E-state index is 0.467. The fourth-order valence-electron chi connectivity index (χ4n) is 1.47. The molecule has 1 aromatic carbocycles. The van der Waals surface area contributed by atoms with E-state index < -0.39 is 0 Å². The van der Waals surface area contributed by atoms with Gasteiger partial charge in [-0.05, 0) is 23.8 Å². The van der Waals surface area contributed by atoms with Gasteiger partial charge in [0.2, 0.25) is 0 Å². The van der Waals surface area contributed by atoms with Crippen LogP contribution in [0.5, 0.6) is 11.5 Å². The molecule has 88 valence electrons. The third-order valence-corrected chi connectivity index (χ3v) is 3.26. The van der Waals surface area contributed by atoms with Crippen molar-refractivity contribution in [2.45, 2.75) is 0 Å². The number of hydrogen-bond acceptors (Lipinski definition) is 5. The highest BCUT2D eigenvalue weighted by atomic mass is 32.1. The monoisotopic (exact) mass is 249 g/mol. The Hall–Kier alpha value is -1.88. The van der Waals surface area contributed by atoms with Gasteiger partial charge in [0.1, 0.15) is 0 Å². The van der Waals surface area contributed by atoms with E-state index in [-0.39, 0.29) is 0 Å². The first-order valence-corrected chi connectivity index (χ1v) is 5.73. The highest BCUT2D eigenvalue weighted by Gasteiger charge is 2.08. The molecule has 0 saturated carbocycles. The maximum absolute atomic E-state index is 10.6. The minimum absolute atomic E-state index is 0.467. The number of methoxy groups -OCH3 is 2. The molecule has 1 heterocycles. The van der Waals surface area contributed by atoms with Crippen molar-refractivity contribution >= 4 is 17.6 Å². The quantitative estimate of drug-likeness (QED) is 0.781. The van der Waals surface area contributed by atoms with Crippen molar-refractivity contribution < 1.29 is 14.3 Å². The van der Waals surface area contributed by atoms with E-state index in [9.17, 15) is 4.79 Å². The average molecular weight is 249 g/mol. The topological polar surface area (TPSA) is 48.4 Å². The molecule has 0 aliphatic heterocycles. The molecule has 0 aliphatic rings. The van der Waals surface area contributed by atoms with Crippen molar-refractivity contribution in [2.24, 2.45) is 0 Å². The van der Waals surface area contributed by atoms with Gasteiger partial charge in [-0.15, -0.1) is 11.3 Å². The molecule has 0 saturated heterocycles. The van der Waals surface area contributed by atoms with E-state index in [4.69, 9.17) is 9.47 Å². The molecule has 0 fully saturated rings.